The van der Waals surface area contributed by atoms with Crippen LogP contribution in [0.3, 0.4) is 0 Å². The Balaban J connectivity index is 1.15. The van der Waals surface area contributed by atoms with Gasteiger partial charge in [0.25, 0.3) is 0 Å². The van der Waals surface area contributed by atoms with Crippen molar-refractivity contribution in [2.24, 2.45) is 0 Å². The maximum absolute atomic E-state index is 4.72. The topological polar surface area (TPSA) is 32.3 Å². The Bertz CT molecular complexity index is 945. The first-order valence-electron chi connectivity index (χ1n) is 11.4. The highest BCUT2D eigenvalue weighted by Crippen LogP contribution is 2.25. The average Bonchev–Trinajstić information content (AvgIpc) is 2.83. The van der Waals surface area contributed by atoms with E-state index in [1.165, 1.54) is 54.5 Å². The molecule has 1 fully saturated rings. The predicted octanol–water partition coefficient (Wildman–Crippen LogP) is 5.38. The van der Waals surface area contributed by atoms with Crippen LogP contribution in [0.4, 0.5) is 0 Å². The number of aryl methyl sites for hydroxylation is 1. The summed E-state index contributed by atoms with van der Waals surface area (Å²) < 4.78 is 0. The van der Waals surface area contributed by atoms with E-state index < -0.39 is 0 Å². The summed E-state index contributed by atoms with van der Waals surface area (Å²) in [5, 5.41) is 0. The van der Waals surface area contributed by atoms with Crippen molar-refractivity contribution in [3.63, 3.8) is 0 Å². The van der Waals surface area contributed by atoms with Gasteiger partial charge in [-0.3, -0.25) is 14.9 Å². The van der Waals surface area contributed by atoms with Crippen LogP contribution in [0.5, 0.6) is 0 Å². The van der Waals surface area contributed by atoms with Gasteiger partial charge in [0, 0.05) is 66.4 Å². The Morgan fingerprint density at radius 1 is 0.844 bits per heavy atom. The standard InChI is InChI=1S/C26H32N4S2/c1-22-18-26(19-24(28-22)21-32-25-8-10-27-11-9-25)31-17-5-12-29-13-15-30(16-14-29)20-23-6-3-2-4-7-23/h2-4,6-11,18-19H,5,12-17,20-21H2,1H3. The van der Waals surface area contributed by atoms with Gasteiger partial charge in [0.05, 0.1) is 5.69 Å². The molecule has 4 rings (SSSR count). The van der Waals surface area contributed by atoms with E-state index in [0.717, 1.165) is 29.4 Å². The summed E-state index contributed by atoms with van der Waals surface area (Å²) in [5.74, 6) is 2.05. The highest BCUT2D eigenvalue weighted by Gasteiger charge is 2.16. The molecule has 32 heavy (non-hydrogen) atoms. The van der Waals surface area contributed by atoms with Crippen LogP contribution >= 0.6 is 23.5 Å². The van der Waals surface area contributed by atoms with E-state index >= 15 is 0 Å². The molecule has 3 aromatic rings. The van der Waals surface area contributed by atoms with E-state index in [-0.39, 0.29) is 0 Å². The molecule has 2 aromatic heterocycles. The van der Waals surface area contributed by atoms with E-state index in [1.807, 2.05) is 35.9 Å². The number of pyridine rings is 2. The Kier molecular flexibility index (Phi) is 9.03. The van der Waals surface area contributed by atoms with Gasteiger partial charge >= 0.3 is 0 Å². The first kappa shape index (κ1) is 23.3. The smallest absolute Gasteiger partial charge is 0.0520 e. The highest BCUT2D eigenvalue weighted by molar-refractivity contribution is 7.99. The molecule has 1 aliphatic heterocycles. The number of aromatic nitrogens is 2. The maximum atomic E-state index is 4.72. The van der Waals surface area contributed by atoms with E-state index in [4.69, 9.17) is 4.98 Å². The normalized spacial score (nSPS) is 15.2. The van der Waals surface area contributed by atoms with Gasteiger partial charge in [-0.1, -0.05) is 30.3 Å². The molecule has 1 aliphatic rings. The molecule has 1 saturated heterocycles. The number of hydrogen-bond donors (Lipinski definition) is 0. The van der Waals surface area contributed by atoms with Crippen molar-refractivity contribution >= 4 is 23.5 Å². The van der Waals surface area contributed by atoms with Gasteiger partial charge in [-0.15, -0.1) is 23.5 Å². The molecule has 0 bridgehead atoms. The molecule has 0 radical (unpaired) electrons. The summed E-state index contributed by atoms with van der Waals surface area (Å²) in [6.45, 7) is 9.08. The van der Waals surface area contributed by atoms with Crippen molar-refractivity contribution < 1.29 is 0 Å². The van der Waals surface area contributed by atoms with E-state index in [2.05, 4.69) is 76.3 Å². The second kappa shape index (κ2) is 12.4. The lowest BCUT2D eigenvalue weighted by atomic mass is 10.2. The molecular formula is C26H32N4S2. The quantitative estimate of drug-likeness (QED) is 0.296. The molecule has 3 heterocycles. The van der Waals surface area contributed by atoms with Crippen LogP contribution in [-0.2, 0) is 12.3 Å². The minimum atomic E-state index is 0.895. The predicted molar refractivity (Wildman–Crippen MR) is 136 cm³/mol. The van der Waals surface area contributed by atoms with Crippen LogP contribution in [0.15, 0.2) is 76.8 Å². The minimum absolute atomic E-state index is 0.895. The van der Waals surface area contributed by atoms with Gasteiger partial charge in [-0.2, -0.15) is 0 Å². The number of benzene rings is 1. The Morgan fingerprint density at radius 3 is 2.38 bits per heavy atom. The largest absolute Gasteiger partial charge is 0.301 e. The zero-order chi connectivity index (χ0) is 22.0. The molecule has 0 atom stereocenters. The van der Waals surface area contributed by atoms with Crippen LogP contribution in [0.2, 0.25) is 0 Å². The van der Waals surface area contributed by atoms with Gasteiger partial charge in [-0.05, 0) is 55.5 Å². The second-order valence-electron chi connectivity index (χ2n) is 8.21. The summed E-state index contributed by atoms with van der Waals surface area (Å²) in [5.41, 5.74) is 3.68. The average molecular weight is 465 g/mol. The summed E-state index contributed by atoms with van der Waals surface area (Å²) in [6, 6.07) is 19.4. The molecule has 0 amide bonds. The molecule has 0 saturated carbocycles. The van der Waals surface area contributed by atoms with Gasteiger partial charge in [0.2, 0.25) is 0 Å². The molecular weight excluding hydrogens is 432 g/mol. The van der Waals surface area contributed by atoms with Crippen molar-refractivity contribution in [3.8, 4) is 0 Å². The van der Waals surface area contributed by atoms with Crippen molar-refractivity contribution in [3.05, 3.63) is 83.9 Å². The molecule has 1 aromatic carbocycles. The second-order valence-corrected chi connectivity index (χ2v) is 10.4. The van der Waals surface area contributed by atoms with Crippen molar-refractivity contribution in [2.75, 3.05) is 38.5 Å². The monoisotopic (exact) mass is 464 g/mol. The lowest BCUT2D eigenvalue weighted by Gasteiger charge is -2.34. The van der Waals surface area contributed by atoms with Crippen LogP contribution in [0.25, 0.3) is 0 Å². The van der Waals surface area contributed by atoms with Crippen molar-refractivity contribution in [2.45, 2.75) is 35.4 Å². The fourth-order valence-electron chi connectivity index (χ4n) is 3.94. The fourth-order valence-corrected chi connectivity index (χ4v) is 5.70. The number of piperazine rings is 1. The van der Waals surface area contributed by atoms with Crippen molar-refractivity contribution in [1.82, 2.24) is 19.8 Å². The molecule has 0 N–H and O–H groups in total. The van der Waals surface area contributed by atoms with Gasteiger partial charge in [0.15, 0.2) is 0 Å². The third-order valence-corrected chi connectivity index (χ3v) is 7.73. The molecule has 0 spiro atoms. The van der Waals surface area contributed by atoms with Gasteiger partial charge in [0.1, 0.15) is 0 Å². The van der Waals surface area contributed by atoms with Crippen LogP contribution in [0.1, 0.15) is 23.4 Å². The summed E-state index contributed by atoms with van der Waals surface area (Å²) in [4.78, 5) is 16.6. The Hall–Kier alpha value is -1.86. The molecule has 4 nitrogen and oxygen atoms in total. The highest BCUT2D eigenvalue weighted by atomic mass is 32.2. The van der Waals surface area contributed by atoms with E-state index in [0.29, 0.717) is 0 Å². The van der Waals surface area contributed by atoms with Crippen LogP contribution in [0, 0.1) is 6.92 Å². The van der Waals surface area contributed by atoms with Gasteiger partial charge < -0.3 is 4.90 Å². The molecule has 0 unspecified atom stereocenters. The Morgan fingerprint density at radius 2 is 1.59 bits per heavy atom. The minimum Gasteiger partial charge on any atom is -0.301 e. The lowest BCUT2D eigenvalue weighted by Crippen LogP contribution is -2.46. The first-order valence-corrected chi connectivity index (χ1v) is 13.3. The van der Waals surface area contributed by atoms with E-state index in [1.54, 1.807) is 0 Å². The van der Waals surface area contributed by atoms with Crippen molar-refractivity contribution in [1.29, 1.82) is 0 Å². The zero-order valence-corrected chi connectivity index (χ0v) is 20.5. The zero-order valence-electron chi connectivity index (χ0n) is 18.8. The fraction of sp³-hybridized carbons (Fsp3) is 0.385. The number of hydrogen-bond acceptors (Lipinski definition) is 6. The molecule has 168 valence electrons. The summed E-state index contributed by atoms with van der Waals surface area (Å²) in [7, 11) is 0. The Labute approximate surface area is 200 Å². The SMILES string of the molecule is Cc1cc(SCCCN2CCN(Cc3ccccc3)CC2)cc(CSc2ccncc2)n1. The third-order valence-electron chi connectivity index (χ3n) is 5.62. The molecule has 0 aliphatic carbocycles. The van der Waals surface area contributed by atoms with Crippen LogP contribution in [-0.4, -0.2) is 58.2 Å². The first-order chi connectivity index (χ1) is 15.7. The molecule has 6 heteroatoms. The summed E-state index contributed by atoms with van der Waals surface area (Å²) >= 11 is 3.78. The maximum Gasteiger partial charge on any atom is 0.0520 e. The van der Waals surface area contributed by atoms with E-state index in [9.17, 15) is 0 Å². The summed E-state index contributed by atoms with van der Waals surface area (Å²) in [6.07, 6.45) is 4.92. The van der Waals surface area contributed by atoms with Crippen LogP contribution < -0.4 is 0 Å². The number of nitrogens with zero attached hydrogens (tertiary/aromatic N) is 4. The number of rotatable bonds is 10. The number of thioether (sulfide) groups is 2. The van der Waals surface area contributed by atoms with Gasteiger partial charge in [-0.25, -0.2) is 0 Å². The third kappa shape index (κ3) is 7.62. The lowest BCUT2D eigenvalue weighted by molar-refractivity contribution is 0.127.